The number of aliphatic hydroxyl groups excluding tert-OH is 1. The molecule has 5 atom stereocenters. The van der Waals surface area contributed by atoms with E-state index in [1.165, 1.54) is 0 Å². The lowest BCUT2D eigenvalue weighted by molar-refractivity contribution is -0.283. The van der Waals surface area contributed by atoms with E-state index in [-0.39, 0.29) is 0 Å². The Hall–Kier alpha value is -7.72. The van der Waals surface area contributed by atoms with Gasteiger partial charge in [0.25, 0.3) is 0 Å². The van der Waals surface area contributed by atoms with E-state index in [1.807, 2.05) is 0 Å². The summed E-state index contributed by atoms with van der Waals surface area (Å²) in [5.74, 6) is -18.1. The molecule has 0 radical (unpaired) electrons. The summed E-state index contributed by atoms with van der Waals surface area (Å²) in [6.07, 6.45) is -11.2. The summed E-state index contributed by atoms with van der Waals surface area (Å²) in [7, 11) is 0. The first-order chi connectivity index (χ1) is 26.3. The van der Waals surface area contributed by atoms with Gasteiger partial charge in [-0.05, 0) is 48.5 Å². The average molecular weight is 789 g/mol. The van der Waals surface area contributed by atoms with Crippen molar-refractivity contribution in [3.05, 3.63) is 70.8 Å². The van der Waals surface area contributed by atoms with E-state index in [2.05, 4.69) is 0 Å². The van der Waals surface area contributed by atoms with Crippen molar-refractivity contribution in [2.75, 3.05) is 6.61 Å². The molecule has 22 heteroatoms. The molecule has 22 nitrogen and oxygen atoms in total. The Kier molecular flexibility index (Phi) is 10.8. The van der Waals surface area contributed by atoms with Gasteiger partial charge in [0.1, 0.15) is 18.8 Å². The fraction of sp³-hybridized carbons (Fsp3) is 0.176. The molecule has 0 bridgehead atoms. The molecule has 4 aromatic rings. The van der Waals surface area contributed by atoms with Crippen LogP contribution in [0.5, 0.6) is 69.0 Å². The third-order valence-electron chi connectivity index (χ3n) is 7.93. The van der Waals surface area contributed by atoms with Crippen LogP contribution < -0.4 is 0 Å². The lowest BCUT2D eigenvalue weighted by Crippen LogP contribution is -2.62. The Labute approximate surface area is 310 Å². The van der Waals surface area contributed by atoms with Crippen molar-refractivity contribution in [3.8, 4) is 69.0 Å². The van der Waals surface area contributed by atoms with Gasteiger partial charge in [-0.2, -0.15) is 0 Å². The van der Waals surface area contributed by atoms with Crippen molar-refractivity contribution in [3.63, 3.8) is 0 Å². The monoisotopic (exact) mass is 788 g/mol. The fourth-order valence-electron chi connectivity index (χ4n) is 5.07. The van der Waals surface area contributed by atoms with Crippen LogP contribution in [-0.2, 0) is 23.7 Å². The minimum Gasteiger partial charge on any atom is -0.504 e. The number of carbonyl (C=O) groups excluding carboxylic acids is 4. The van der Waals surface area contributed by atoms with Crippen LogP contribution in [0.4, 0.5) is 0 Å². The molecule has 0 aliphatic carbocycles. The lowest BCUT2D eigenvalue weighted by Gasteiger charge is -2.42. The molecule has 1 aliphatic rings. The molecule has 1 saturated heterocycles. The molecule has 296 valence electrons. The molecule has 56 heavy (non-hydrogen) atoms. The highest BCUT2D eigenvalue weighted by Gasteiger charge is 2.52. The number of aromatic hydroxyl groups is 12. The summed E-state index contributed by atoms with van der Waals surface area (Å²) in [6.45, 7) is -1.06. The van der Waals surface area contributed by atoms with Gasteiger partial charge in [0.15, 0.2) is 75.1 Å². The molecule has 0 unspecified atom stereocenters. The van der Waals surface area contributed by atoms with E-state index in [9.17, 15) is 85.6 Å². The van der Waals surface area contributed by atoms with E-state index in [0.29, 0.717) is 48.5 Å². The normalized spacial score (nSPS) is 19.1. The second-order valence-electron chi connectivity index (χ2n) is 11.7. The van der Waals surface area contributed by atoms with Gasteiger partial charge < -0.3 is 90.1 Å². The summed E-state index contributed by atoms with van der Waals surface area (Å²) < 4.78 is 26.7. The van der Waals surface area contributed by atoms with E-state index in [0.717, 1.165) is 0 Å². The zero-order chi connectivity index (χ0) is 41.3. The van der Waals surface area contributed by atoms with Gasteiger partial charge in [-0.15, -0.1) is 0 Å². The first-order valence-electron chi connectivity index (χ1n) is 15.4. The van der Waals surface area contributed by atoms with Gasteiger partial charge in [0.05, 0.1) is 22.3 Å². The van der Waals surface area contributed by atoms with Gasteiger partial charge >= 0.3 is 23.9 Å². The van der Waals surface area contributed by atoms with Gasteiger partial charge in [0, 0.05) is 0 Å². The van der Waals surface area contributed by atoms with E-state index >= 15 is 0 Å². The first kappa shape index (κ1) is 39.5. The van der Waals surface area contributed by atoms with Crippen LogP contribution in [0.25, 0.3) is 0 Å². The molecule has 0 aromatic heterocycles. The number of hydrogen-bond acceptors (Lipinski definition) is 22. The average Bonchev–Trinajstić information content (AvgIpc) is 3.14. The van der Waals surface area contributed by atoms with Gasteiger partial charge in [-0.25, -0.2) is 19.2 Å². The summed E-state index contributed by atoms with van der Waals surface area (Å²) in [6, 6.07) is 5.01. The smallest absolute Gasteiger partial charge is 0.340 e. The highest BCUT2D eigenvalue weighted by Crippen LogP contribution is 2.40. The molecule has 5 rings (SSSR count). The largest absolute Gasteiger partial charge is 0.504 e. The fourth-order valence-corrected chi connectivity index (χ4v) is 5.07. The van der Waals surface area contributed by atoms with Crippen molar-refractivity contribution in [2.24, 2.45) is 0 Å². The number of carbonyl (C=O) groups is 4. The van der Waals surface area contributed by atoms with E-state index in [4.69, 9.17) is 23.7 Å². The molecule has 1 aliphatic heterocycles. The number of hydrogen-bond donors (Lipinski definition) is 13. The second kappa shape index (κ2) is 15.3. The van der Waals surface area contributed by atoms with Crippen LogP contribution >= 0.6 is 0 Å². The molecule has 1 fully saturated rings. The molecular weight excluding hydrogens is 760 g/mol. The minimum atomic E-state index is -2.36. The zero-order valence-corrected chi connectivity index (χ0v) is 27.7. The van der Waals surface area contributed by atoms with Crippen LogP contribution in [0, 0.1) is 0 Å². The Morgan fingerprint density at radius 2 is 0.732 bits per heavy atom. The topological polar surface area (TPSA) is 377 Å². The van der Waals surface area contributed by atoms with Gasteiger partial charge in [-0.1, -0.05) is 0 Å². The Morgan fingerprint density at radius 1 is 0.446 bits per heavy atom. The second-order valence-corrected chi connectivity index (χ2v) is 11.7. The predicted octanol–water partition coefficient (Wildman–Crippen LogP) is 0.705. The molecule has 0 spiro atoms. The number of aliphatic hydroxyl groups is 1. The van der Waals surface area contributed by atoms with Crippen LogP contribution in [-0.4, -0.2) is 128 Å². The van der Waals surface area contributed by atoms with E-state index in [1.54, 1.807) is 0 Å². The third kappa shape index (κ3) is 7.95. The number of esters is 4. The number of rotatable bonds is 9. The number of benzene rings is 4. The van der Waals surface area contributed by atoms with Crippen LogP contribution in [0.2, 0.25) is 0 Å². The predicted molar refractivity (Wildman–Crippen MR) is 175 cm³/mol. The SMILES string of the molecule is O=C(OC[C@H]1O[C@@H](OC(=O)c2cc(O)c(O)c(O)c2)[C@H](OC(=O)c2cc(O)c(O)c(O)c2)[C@H](OC(=O)c2cc(O)c(O)c(O)c2)[C@@H]1O)c1cc(O)c(O)c(O)c1. The molecule has 0 amide bonds. The summed E-state index contributed by atoms with van der Waals surface area (Å²) in [5.41, 5.74) is -2.65. The highest BCUT2D eigenvalue weighted by atomic mass is 16.7. The standard InChI is InChI=1S/C34H28O22/c35-14-1-10(2-15(36)23(14)43)30(48)52-9-22-27(47)28(54-31(49)11-3-16(37)24(44)17(38)4-11)29(55-32(50)12-5-18(39)25(45)19(40)6-12)34(53-22)56-33(51)13-7-20(41)26(46)21(42)8-13/h1-8,22,27-29,34-47H,9H2/t22-,27-,28-,29-,34+/m1/s1. The zero-order valence-electron chi connectivity index (χ0n) is 27.7. The van der Waals surface area contributed by atoms with Crippen molar-refractivity contribution in [2.45, 2.75) is 30.7 Å². The third-order valence-corrected chi connectivity index (χ3v) is 7.93. The Morgan fingerprint density at radius 3 is 1.07 bits per heavy atom. The maximum atomic E-state index is 13.4. The summed E-state index contributed by atoms with van der Waals surface area (Å²) in [4.78, 5) is 52.9. The quantitative estimate of drug-likeness (QED) is 0.0630. The van der Waals surface area contributed by atoms with Crippen molar-refractivity contribution in [1.29, 1.82) is 0 Å². The van der Waals surface area contributed by atoms with Crippen LogP contribution in [0.15, 0.2) is 48.5 Å². The molecule has 13 N–H and O–H groups in total. The number of phenolic OH excluding ortho intramolecular Hbond substituents is 12. The van der Waals surface area contributed by atoms with Crippen LogP contribution in [0.1, 0.15) is 41.4 Å². The van der Waals surface area contributed by atoms with Crippen molar-refractivity contribution >= 4 is 23.9 Å². The maximum Gasteiger partial charge on any atom is 0.340 e. The van der Waals surface area contributed by atoms with Crippen LogP contribution in [0.3, 0.4) is 0 Å². The summed E-state index contributed by atoms with van der Waals surface area (Å²) in [5, 5.41) is 129. The highest BCUT2D eigenvalue weighted by molar-refractivity contribution is 5.93. The Bertz CT molecular complexity index is 2140. The molecule has 1 heterocycles. The van der Waals surface area contributed by atoms with Crippen molar-refractivity contribution in [1.82, 2.24) is 0 Å². The number of phenols is 12. The van der Waals surface area contributed by atoms with Gasteiger partial charge in [0.2, 0.25) is 12.4 Å². The first-order valence-corrected chi connectivity index (χ1v) is 15.4. The maximum absolute atomic E-state index is 13.4. The van der Waals surface area contributed by atoms with E-state index < -0.39 is 152 Å². The number of ether oxygens (including phenoxy) is 5. The molecule has 0 saturated carbocycles. The van der Waals surface area contributed by atoms with Crippen molar-refractivity contribution < 1.29 is 109 Å². The summed E-state index contributed by atoms with van der Waals surface area (Å²) >= 11 is 0. The lowest BCUT2D eigenvalue weighted by atomic mass is 9.98. The Balaban J connectivity index is 1.55. The molecular formula is C34H28O22. The van der Waals surface area contributed by atoms with Gasteiger partial charge in [-0.3, -0.25) is 0 Å². The molecule has 4 aromatic carbocycles. The minimum absolute atomic E-state index is 0.555.